The molecular formula is C11H10Cl2F2N2O. The highest BCUT2D eigenvalue weighted by Gasteiger charge is 2.44. The van der Waals surface area contributed by atoms with E-state index in [9.17, 15) is 13.6 Å². The van der Waals surface area contributed by atoms with Crippen molar-refractivity contribution in [1.29, 1.82) is 0 Å². The summed E-state index contributed by atoms with van der Waals surface area (Å²) in [4.78, 5) is 12.9. The number of amides is 1. The second kappa shape index (κ2) is 4.99. The van der Waals surface area contributed by atoms with Gasteiger partial charge in [0.05, 0.1) is 30.3 Å². The molecule has 1 aliphatic heterocycles. The Labute approximate surface area is 113 Å². The number of halogens is 4. The number of nitrogens with one attached hydrogen (secondary N) is 1. The third-order valence-corrected chi connectivity index (χ3v) is 3.04. The third-order valence-electron chi connectivity index (χ3n) is 2.48. The highest BCUT2D eigenvalue weighted by molar-refractivity contribution is 6.35. The van der Waals surface area contributed by atoms with E-state index >= 15 is 0 Å². The lowest BCUT2D eigenvalue weighted by Gasteiger charge is -2.38. The van der Waals surface area contributed by atoms with Gasteiger partial charge in [-0.2, -0.15) is 0 Å². The van der Waals surface area contributed by atoms with Crippen LogP contribution in [0.5, 0.6) is 0 Å². The van der Waals surface area contributed by atoms with Crippen molar-refractivity contribution in [3.05, 3.63) is 28.2 Å². The van der Waals surface area contributed by atoms with Gasteiger partial charge in [0.1, 0.15) is 0 Å². The molecule has 0 radical (unpaired) electrons. The lowest BCUT2D eigenvalue weighted by molar-refractivity contribution is -0.141. The van der Waals surface area contributed by atoms with Crippen molar-refractivity contribution in [1.82, 2.24) is 4.90 Å². The van der Waals surface area contributed by atoms with E-state index < -0.39 is 11.8 Å². The largest absolute Gasteiger partial charge is 0.324 e. The molecule has 98 valence electrons. The van der Waals surface area contributed by atoms with Crippen LogP contribution in [0.25, 0.3) is 0 Å². The van der Waals surface area contributed by atoms with Crippen LogP contribution >= 0.6 is 23.2 Å². The molecule has 1 aromatic rings. The van der Waals surface area contributed by atoms with E-state index in [4.69, 9.17) is 23.2 Å². The molecule has 0 aliphatic carbocycles. The molecule has 0 saturated carbocycles. The predicted molar refractivity (Wildman–Crippen MR) is 66.5 cm³/mol. The summed E-state index contributed by atoms with van der Waals surface area (Å²) in [5.74, 6) is -3.07. The van der Waals surface area contributed by atoms with Crippen LogP contribution in [-0.2, 0) is 4.79 Å². The Morgan fingerprint density at radius 1 is 1.39 bits per heavy atom. The molecule has 0 atom stereocenters. The normalized spacial score (nSPS) is 18.2. The number of likely N-dealkylation sites (tertiary alicyclic amines) is 1. The van der Waals surface area contributed by atoms with Crippen LogP contribution in [0.1, 0.15) is 0 Å². The van der Waals surface area contributed by atoms with Crippen molar-refractivity contribution in [2.24, 2.45) is 0 Å². The van der Waals surface area contributed by atoms with Crippen LogP contribution in [0, 0.1) is 0 Å². The lowest BCUT2D eigenvalue weighted by atomic mass is 10.1. The summed E-state index contributed by atoms with van der Waals surface area (Å²) in [5, 5.41) is 3.32. The van der Waals surface area contributed by atoms with Crippen LogP contribution < -0.4 is 5.32 Å². The molecule has 7 heteroatoms. The summed E-state index contributed by atoms with van der Waals surface area (Å²) in [5.41, 5.74) is 0.376. The molecule has 1 N–H and O–H groups in total. The molecule has 18 heavy (non-hydrogen) atoms. The first-order valence-corrected chi connectivity index (χ1v) is 5.96. The lowest BCUT2D eigenvalue weighted by Crippen LogP contribution is -2.57. The maximum atomic E-state index is 12.6. The molecule has 1 aliphatic rings. The van der Waals surface area contributed by atoms with Gasteiger partial charge < -0.3 is 5.32 Å². The van der Waals surface area contributed by atoms with E-state index in [1.165, 1.54) is 11.0 Å². The Hall–Kier alpha value is -0.910. The first-order valence-electron chi connectivity index (χ1n) is 5.21. The zero-order valence-corrected chi connectivity index (χ0v) is 10.7. The van der Waals surface area contributed by atoms with Gasteiger partial charge in [0, 0.05) is 5.02 Å². The number of rotatable bonds is 3. The van der Waals surface area contributed by atoms with Gasteiger partial charge in [-0.05, 0) is 18.2 Å². The number of carbonyl (C=O) groups is 1. The standard InChI is InChI=1S/C11H10Cl2F2N2O/c12-7-1-2-8(13)9(3-7)16-10(18)4-17-5-11(14,15)6-17/h1-3H,4-6H2,(H,16,18). The fourth-order valence-electron chi connectivity index (χ4n) is 1.71. The smallest absolute Gasteiger partial charge is 0.272 e. The summed E-state index contributed by atoms with van der Waals surface area (Å²) >= 11 is 11.6. The van der Waals surface area contributed by atoms with E-state index in [0.717, 1.165) is 0 Å². The molecule has 1 heterocycles. The van der Waals surface area contributed by atoms with Gasteiger partial charge in [-0.15, -0.1) is 0 Å². The average Bonchev–Trinajstić information content (AvgIpc) is 2.20. The Balaban J connectivity index is 1.90. The Bertz CT molecular complexity index is 474. The summed E-state index contributed by atoms with van der Waals surface area (Å²) < 4.78 is 25.1. The van der Waals surface area contributed by atoms with Crippen molar-refractivity contribution >= 4 is 34.8 Å². The first kappa shape index (κ1) is 13.5. The molecule has 2 rings (SSSR count). The monoisotopic (exact) mass is 294 g/mol. The Morgan fingerprint density at radius 3 is 2.67 bits per heavy atom. The van der Waals surface area contributed by atoms with Crippen molar-refractivity contribution in [2.45, 2.75) is 5.92 Å². The number of nitrogens with zero attached hydrogens (tertiary/aromatic N) is 1. The van der Waals surface area contributed by atoms with E-state index in [2.05, 4.69) is 5.32 Å². The zero-order valence-electron chi connectivity index (χ0n) is 9.22. The van der Waals surface area contributed by atoms with E-state index in [-0.39, 0.29) is 19.6 Å². The van der Waals surface area contributed by atoms with Crippen molar-refractivity contribution in [3.63, 3.8) is 0 Å². The van der Waals surface area contributed by atoms with Crippen LogP contribution in [0.4, 0.5) is 14.5 Å². The van der Waals surface area contributed by atoms with Gasteiger partial charge in [-0.1, -0.05) is 23.2 Å². The Morgan fingerprint density at radius 2 is 2.06 bits per heavy atom. The average molecular weight is 295 g/mol. The molecule has 1 amide bonds. The second-order valence-electron chi connectivity index (χ2n) is 4.17. The topological polar surface area (TPSA) is 32.3 Å². The van der Waals surface area contributed by atoms with Crippen molar-refractivity contribution in [3.8, 4) is 0 Å². The fraction of sp³-hybridized carbons (Fsp3) is 0.364. The molecule has 0 aromatic heterocycles. The molecule has 1 saturated heterocycles. The van der Waals surface area contributed by atoms with E-state index in [1.807, 2.05) is 0 Å². The second-order valence-corrected chi connectivity index (χ2v) is 5.02. The van der Waals surface area contributed by atoms with Gasteiger partial charge in [-0.3, -0.25) is 9.69 Å². The minimum absolute atomic E-state index is 0.0849. The van der Waals surface area contributed by atoms with Crippen molar-refractivity contribution < 1.29 is 13.6 Å². The number of carbonyl (C=O) groups excluding carboxylic acids is 1. The number of alkyl halides is 2. The minimum Gasteiger partial charge on any atom is -0.324 e. The van der Waals surface area contributed by atoms with E-state index in [0.29, 0.717) is 15.7 Å². The molecule has 0 unspecified atom stereocenters. The highest BCUT2D eigenvalue weighted by Crippen LogP contribution is 2.27. The number of hydrogen-bond acceptors (Lipinski definition) is 2. The van der Waals surface area contributed by atoms with Crippen LogP contribution in [0.2, 0.25) is 10.0 Å². The molecule has 0 bridgehead atoms. The summed E-state index contributed by atoms with van der Waals surface area (Å²) in [7, 11) is 0. The number of hydrogen-bond donors (Lipinski definition) is 1. The molecular weight excluding hydrogens is 285 g/mol. The van der Waals surface area contributed by atoms with E-state index in [1.54, 1.807) is 12.1 Å². The minimum atomic E-state index is -2.67. The predicted octanol–water partition coefficient (Wildman–Crippen LogP) is 2.88. The quantitative estimate of drug-likeness (QED) is 0.930. The van der Waals surface area contributed by atoms with Crippen LogP contribution in [0.3, 0.4) is 0 Å². The maximum Gasteiger partial charge on any atom is 0.272 e. The summed E-state index contributed by atoms with van der Waals surface area (Å²) in [6.45, 7) is -0.855. The van der Waals surface area contributed by atoms with Gasteiger partial charge in [0.25, 0.3) is 5.92 Å². The number of benzene rings is 1. The third kappa shape index (κ3) is 3.31. The molecule has 1 fully saturated rings. The van der Waals surface area contributed by atoms with Gasteiger partial charge in [-0.25, -0.2) is 8.78 Å². The SMILES string of the molecule is O=C(CN1CC(F)(F)C1)Nc1cc(Cl)ccc1Cl. The van der Waals surface area contributed by atoms with Gasteiger partial charge in [0.15, 0.2) is 0 Å². The maximum absolute atomic E-state index is 12.6. The summed E-state index contributed by atoms with van der Waals surface area (Å²) in [6.07, 6.45) is 0. The fourth-order valence-corrected chi connectivity index (χ4v) is 2.04. The highest BCUT2D eigenvalue weighted by atomic mass is 35.5. The molecule has 0 spiro atoms. The van der Waals surface area contributed by atoms with Gasteiger partial charge in [0.2, 0.25) is 5.91 Å². The van der Waals surface area contributed by atoms with Crippen LogP contribution in [0.15, 0.2) is 18.2 Å². The van der Waals surface area contributed by atoms with Crippen LogP contribution in [-0.4, -0.2) is 36.4 Å². The molecule has 1 aromatic carbocycles. The molecule has 3 nitrogen and oxygen atoms in total. The zero-order chi connectivity index (χ0) is 13.3. The summed E-state index contributed by atoms with van der Waals surface area (Å²) in [6, 6.07) is 4.65. The first-order chi connectivity index (χ1) is 8.35. The van der Waals surface area contributed by atoms with Crippen molar-refractivity contribution in [2.75, 3.05) is 25.0 Å². The van der Waals surface area contributed by atoms with Gasteiger partial charge >= 0.3 is 0 Å². The number of anilines is 1. The Kier molecular flexibility index (Phi) is 3.75.